The van der Waals surface area contributed by atoms with E-state index in [4.69, 9.17) is 9.47 Å². The Morgan fingerprint density at radius 2 is 2.11 bits per heavy atom. The van der Waals surface area contributed by atoms with Crippen LogP contribution in [-0.2, 0) is 16.1 Å². The fraction of sp³-hybridized carbons (Fsp3) is 0.500. The second-order valence-electron chi connectivity index (χ2n) is 4.66. The molecule has 1 aromatic rings. The van der Waals surface area contributed by atoms with E-state index < -0.39 is 0 Å². The summed E-state index contributed by atoms with van der Waals surface area (Å²) in [7, 11) is 1.67. The molecule has 0 bridgehead atoms. The molecule has 0 saturated carbocycles. The van der Waals surface area contributed by atoms with Crippen molar-refractivity contribution >= 4 is 18.7 Å². The first-order chi connectivity index (χ1) is 9.24. The molecule has 1 aliphatic rings. The molecule has 2 atom stereocenters. The van der Waals surface area contributed by atoms with Gasteiger partial charge in [0.05, 0.1) is 12.6 Å². The zero-order valence-corrected chi connectivity index (χ0v) is 11.9. The second kappa shape index (κ2) is 6.82. The smallest absolute Gasteiger partial charge is 0.410 e. The van der Waals surface area contributed by atoms with E-state index in [0.717, 1.165) is 5.56 Å². The molecule has 5 heteroatoms. The van der Waals surface area contributed by atoms with Crippen molar-refractivity contribution in [2.75, 3.05) is 26.0 Å². The Labute approximate surface area is 119 Å². The standard InChI is InChI=1S/C14H19NO3S/c1-17-13-8-15(7-12(13)10-19)14(16)18-9-11-5-3-2-4-6-11/h2-6,12-13,19H,7-10H2,1H3. The monoisotopic (exact) mass is 281 g/mol. The Morgan fingerprint density at radius 1 is 1.37 bits per heavy atom. The second-order valence-corrected chi connectivity index (χ2v) is 5.03. The molecule has 1 fully saturated rings. The lowest BCUT2D eigenvalue weighted by molar-refractivity contribution is 0.0761. The van der Waals surface area contributed by atoms with Crippen molar-refractivity contribution in [1.29, 1.82) is 0 Å². The molecule has 0 N–H and O–H groups in total. The highest BCUT2D eigenvalue weighted by molar-refractivity contribution is 7.80. The average Bonchev–Trinajstić information content (AvgIpc) is 2.89. The summed E-state index contributed by atoms with van der Waals surface area (Å²) in [6.45, 7) is 1.53. The van der Waals surface area contributed by atoms with Gasteiger partial charge in [-0.25, -0.2) is 4.79 Å². The predicted octanol–water partition coefficient (Wildman–Crippen LogP) is 2.20. The lowest BCUT2D eigenvalue weighted by Gasteiger charge is -2.15. The molecule has 19 heavy (non-hydrogen) atoms. The van der Waals surface area contributed by atoms with Crippen LogP contribution in [0.1, 0.15) is 5.56 Å². The minimum Gasteiger partial charge on any atom is -0.445 e. The summed E-state index contributed by atoms with van der Waals surface area (Å²) in [5, 5.41) is 0. The number of carbonyl (C=O) groups is 1. The van der Waals surface area contributed by atoms with Crippen LogP contribution in [-0.4, -0.2) is 43.0 Å². The molecule has 0 aromatic heterocycles. The van der Waals surface area contributed by atoms with Gasteiger partial charge >= 0.3 is 6.09 Å². The third-order valence-corrected chi connectivity index (χ3v) is 3.85. The fourth-order valence-corrected chi connectivity index (χ4v) is 2.59. The number of nitrogens with zero attached hydrogens (tertiary/aromatic N) is 1. The van der Waals surface area contributed by atoms with E-state index in [2.05, 4.69) is 12.6 Å². The molecule has 1 heterocycles. The van der Waals surface area contributed by atoms with E-state index >= 15 is 0 Å². The molecule has 1 saturated heterocycles. The Kier molecular flexibility index (Phi) is 5.10. The topological polar surface area (TPSA) is 38.8 Å². The van der Waals surface area contributed by atoms with Gasteiger partial charge in [-0.1, -0.05) is 30.3 Å². The van der Waals surface area contributed by atoms with Gasteiger partial charge < -0.3 is 14.4 Å². The summed E-state index contributed by atoms with van der Waals surface area (Å²) in [6, 6.07) is 9.66. The molecule has 2 unspecified atom stereocenters. The molecule has 1 amide bonds. The van der Waals surface area contributed by atoms with Crippen molar-refractivity contribution in [1.82, 2.24) is 4.90 Å². The van der Waals surface area contributed by atoms with Crippen molar-refractivity contribution in [3.05, 3.63) is 35.9 Å². The van der Waals surface area contributed by atoms with E-state index in [0.29, 0.717) is 25.4 Å². The summed E-state index contributed by atoms with van der Waals surface area (Å²) < 4.78 is 10.7. The van der Waals surface area contributed by atoms with Gasteiger partial charge in [-0.15, -0.1) is 0 Å². The van der Waals surface area contributed by atoms with E-state index in [1.807, 2.05) is 30.3 Å². The summed E-state index contributed by atoms with van der Waals surface area (Å²) in [5.74, 6) is 0.985. The molecule has 1 aliphatic heterocycles. The van der Waals surface area contributed by atoms with Crippen LogP contribution in [0.3, 0.4) is 0 Å². The normalized spacial score (nSPS) is 22.5. The first-order valence-electron chi connectivity index (χ1n) is 6.34. The number of thiol groups is 1. The molecular weight excluding hydrogens is 262 g/mol. The molecular formula is C14H19NO3S. The lowest BCUT2D eigenvalue weighted by atomic mass is 10.1. The van der Waals surface area contributed by atoms with Crippen LogP contribution >= 0.6 is 12.6 Å². The highest BCUT2D eigenvalue weighted by atomic mass is 32.1. The number of likely N-dealkylation sites (tertiary alicyclic amines) is 1. The molecule has 0 radical (unpaired) electrons. The maximum absolute atomic E-state index is 12.0. The SMILES string of the molecule is COC1CN(C(=O)OCc2ccccc2)CC1CS. The van der Waals surface area contributed by atoms with Crippen LogP contribution in [0, 0.1) is 5.92 Å². The van der Waals surface area contributed by atoms with Crippen LogP contribution in [0.5, 0.6) is 0 Å². The third-order valence-electron chi connectivity index (χ3n) is 3.38. The average molecular weight is 281 g/mol. The first-order valence-corrected chi connectivity index (χ1v) is 6.97. The van der Waals surface area contributed by atoms with Crippen LogP contribution in [0.4, 0.5) is 4.79 Å². The van der Waals surface area contributed by atoms with Crippen molar-refractivity contribution in [3.63, 3.8) is 0 Å². The van der Waals surface area contributed by atoms with Crippen molar-refractivity contribution < 1.29 is 14.3 Å². The van der Waals surface area contributed by atoms with Crippen molar-refractivity contribution in [3.8, 4) is 0 Å². The molecule has 1 aromatic carbocycles. The van der Waals surface area contributed by atoms with E-state index in [1.54, 1.807) is 12.0 Å². The van der Waals surface area contributed by atoms with E-state index in [-0.39, 0.29) is 18.1 Å². The maximum atomic E-state index is 12.0. The summed E-state index contributed by atoms with van der Waals surface area (Å²) in [5.41, 5.74) is 0.990. The number of rotatable bonds is 4. The lowest BCUT2D eigenvalue weighted by Crippen LogP contribution is -2.30. The number of hydrogen-bond donors (Lipinski definition) is 1. The third kappa shape index (κ3) is 3.64. The minimum atomic E-state index is -0.282. The van der Waals surface area contributed by atoms with Gasteiger partial charge in [0.25, 0.3) is 0 Å². The number of hydrogen-bond acceptors (Lipinski definition) is 4. The highest BCUT2D eigenvalue weighted by Crippen LogP contribution is 2.21. The number of benzene rings is 1. The van der Waals surface area contributed by atoms with Gasteiger partial charge in [0.15, 0.2) is 0 Å². The van der Waals surface area contributed by atoms with Gasteiger partial charge in [0, 0.05) is 19.6 Å². The molecule has 104 valence electrons. The molecule has 4 nitrogen and oxygen atoms in total. The maximum Gasteiger partial charge on any atom is 0.410 e. The van der Waals surface area contributed by atoms with Gasteiger partial charge in [0.2, 0.25) is 0 Å². The van der Waals surface area contributed by atoms with Gasteiger partial charge in [-0.3, -0.25) is 0 Å². The summed E-state index contributed by atoms with van der Waals surface area (Å²) in [4.78, 5) is 13.7. The van der Waals surface area contributed by atoms with Crippen LogP contribution in [0.15, 0.2) is 30.3 Å². The molecule has 0 spiro atoms. The predicted molar refractivity (Wildman–Crippen MR) is 76.3 cm³/mol. The summed E-state index contributed by atoms with van der Waals surface area (Å²) >= 11 is 4.29. The Balaban J connectivity index is 1.84. The minimum absolute atomic E-state index is 0.0572. The largest absolute Gasteiger partial charge is 0.445 e. The van der Waals surface area contributed by atoms with Crippen LogP contribution < -0.4 is 0 Å². The summed E-state index contributed by atoms with van der Waals surface area (Å²) in [6.07, 6.45) is -0.225. The first kappa shape index (κ1) is 14.2. The zero-order chi connectivity index (χ0) is 13.7. The van der Waals surface area contributed by atoms with E-state index in [9.17, 15) is 4.79 Å². The Hall–Kier alpha value is -1.20. The van der Waals surface area contributed by atoms with Crippen molar-refractivity contribution in [2.45, 2.75) is 12.7 Å². The Bertz CT molecular complexity index is 400. The van der Waals surface area contributed by atoms with Crippen LogP contribution in [0.2, 0.25) is 0 Å². The van der Waals surface area contributed by atoms with Gasteiger partial charge in [0.1, 0.15) is 6.61 Å². The number of carbonyl (C=O) groups excluding carboxylic acids is 1. The van der Waals surface area contributed by atoms with E-state index in [1.165, 1.54) is 0 Å². The number of ether oxygens (including phenoxy) is 2. The molecule has 0 aliphatic carbocycles. The molecule has 2 rings (SSSR count). The fourth-order valence-electron chi connectivity index (χ4n) is 2.24. The van der Waals surface area contributed by atoms with Crippen LogP contribution in [0.25, 0.3) is 0 Å². The number of methoxy groups -OCH3 is 1. The highest BCUT2D eigenvalue weighted by Gasteiger charge is 2.35. The van der Waals surface area contributed by atoms with Gasteiger partial charge in [-0.2, -0.15) is 12.6 Å². The number of amides is 1. The Morgan fingerprint density at radius 3 is 2.68 bits per heavy atom. The van der Waals surface area contributed by atoms with Crippen molar-refractivity contribution in [2.24, 2.45) is 5.92 Å². The zero-order valence-electron chi connectivity index (χ0n) is 11.0. The quantitative estimate of drug-likeness (QED) is 0.860. The van der Waals surface area contributed by atoms with Gasteiger partial charge in [-0.05, 0) is 11.3 Å².